The summed E-state index contributed by atoms with van der Waals surface area (Å²) < 4.78 is 13.0. The molecule has 0 unspecified atom stereocenters. The first-order valence-electron chi connectivity index (χ1n) is 5.33. The van der Waals surface area contributed by atoms with E-state index in [9.17, 15) is 14.5 Å². The molecular formula is C11H13FN2O2. The quantitative estimate of drug-likeness (QED) is 0.615. The van der Waals surface area contributed by atoms with Gasteiger partial charge in [-0.2, -0.15) is 0 Å². The van der Waals surface area contributed by atoms with Crippen LogP contribution in [0.5, 0.6) is 0 Å². The summed E-state index contributed by atoms with van der Waals surface area (Å²) in [5.41, 5.74) is 0.456. The lowest BCUT2D eigenvalue weighted by molar-refractivity contribution is -0.385. The third kappa shape index (κ3) is 2.76. The Morgan fingerprint density at radius 2 is 2.25 bits per heavy atom. The van der Waals surface area contributed by atoms with Crippen LogP contribution in [0.4, 0.5) is 10.1 Å². The lowest BCUT2D eigenvalue weighted by atomic mass is 10.1. The maximum Gasteiger partial charge on any atom is 0.272 e. The Kier molecular flexibility index (Phi) is 3.14. The molecule has 0 radical (unpaired) electrons. The highest BCUT2D eigenvalue weighted by Gasteiger charge is 2.20. The summed E-state index contributed by atoms with van der Waals surface area (Å²) in [7, 11) is 0. The van der Waals surface area contributed by atoms with Crippen LogP contribution in [0.3, 0.4) is 0 Å². The summed E-state index contributed by atoms with van der Waals surface area (Å²) in [6, 6.07) is 4.15. The van der Waals surface area contributed by atoms with E-state index in [2.05, 4.69) is 5.32 Å². The van der Waals surface area contributed by atoms with Gasteiger partial charge in [0.2, 0.25) is 0 Å². The highest BCUT2D eigenvalue weighted by atomic mass is 19.1. The van der Waals surface area contributed by atoms with E-state index >= 15 is 0 Å². The van der Waals surface area contributed by atoms with E-state index in [0.717, 1.165) is 6.07 Å². The number of rotatable bonds is 5. The predicted octanol–water partition coefficient (Wildman–Crippen LogP) is 2.03. The first-order chi connectivity index (χ1) is 7.66. The van der Waals surface area contributed by atoms with Gasteiger partial charge in [0.05, 0.1) is 4.92 Å². The average Bonchev–Trinajstić information content (AvgIpc) is 3.01. The number of hydrogen-bond donors (Lipinski definition) is 1. The fourth-order valence-corrected chi connectivity index (χ4v) is 1.63. The van der Waals surface area contributed by atoms with Gasteiger partial charge in [0.25, 0.3) is 5.69 Å². The van der Waals surface area contributed by atoms with Crippen molar-refractivity contribution in [3.8, 4) is 0 Å². The molecule has 0 aliphatic heterocycles. The normalized spacial score (nSPS) is 15.1. The number of nitro benzene ring substituents is 1. The molecule has 1 aliphatic rings. The fraction of sp³-hybridized carbons (Fsp3) is 0.455. The number of nitro groups is 1. The fourth-order valence-electron chi connectivity index (χ4n) is 1.63. The molecule has 1 fully saturated rings. The molecule has 1 aromatic rings. The van der Waals surface area contributed by atoms with Crippen molar-refractivity contribution in [3.05, 3.63) is 39.7 Å². The van der Waals surface area contributed by atoms with Gasteiger partial charge in [-0.3, -0.25) is 10.1 Å². The molecule has 16 heavy (non-hydrogen) atoms. The van der Waals surface area contributed by atoms with Crippen molar-refractivity contribution in [2.45, 2.75) is 25.3 Å². The number of nitrogens with one attached hydrogen (secondary N) is 1. The van der Waals surface area contributed by atoms with Crippen LogP contribution in [0.15, 0.2) is 18.2 Å². The molecule has 0 atom stereocenters. The van der Waals surface area contributed by atoms with Gasteiger partial charge in [-0.05, 0) is 37.9 Å². The highest BCUT2D eigenvalue weighted by Crippen LogP contribution is 2.21. The standard InChI is InChI=1S/C11H13FN2O2/c12-9-1-4-11(14(15)16)8(7-9)5-6-13-10-2-3-10/h1,4,7,10,13H,2-3,5-6H2. The first kappa shape index (κ1) is 11.0. The summed E-state index contributed by atoms with van der Waals surface area (Å²) in [5.74, 6) is -0.424. The molecule has 0 aromatic heterocycles. The van der Waals surface area contributed by atoms with Crippen LogP contribution in [-0.4, -0.2) is 17.5 Å². The summed E-state index contributed by atoms with van der Waals surface area (Å²) in [6.45, 7) is 0.662. The molecule has 0 amide bonds. The zero-order chi connectivity index (χ0) is 11.5. The van der Waals surface area contributed by atoms with Crippen LogP contribution in [0.1, 0.15) is 18.4 Å². The minimum atomic E-state index is -0.466. The zero-order valence-corrected chi connectivity index (χ0v) is 8.78. The minimum absolute atomic E-state index is 0.000929. The molecule has 1 N–H and O–H groups in total. The molecule has 5 heteroatoms. The van der Waals surface area contributed by atoms with Gasteiger partial charge in [-0.15, -0.1) is 0 Å². The largest absolute Gasteiger partial charge is 0.314 e. The second kappa shape index (κ2) is 4.57. The SMILES string of the molecule is O=[N+]([O-])c1ccc(F)cc1CCNC1CC1. The first-order valence-corrected chi connectivity index (χ1v) is 5.33. The van der Waals surface area contributed by atoms with Crippen molar-refractivity contribution < 1.29 is 9.31 Å². The Morgan fingerprint density at radius 1 is 1.50 bits per heavy atom. The van der Waals surface area contributed by atoms with Crippen LogP contribution >= 0.6 is 0 Å². The summed E-state index contributed by atoms with van der Waals surface area (Å²) >= 11 is 0. The van der Waals surface area contributed by atoms with E-state index in [1.807, 2.05) is 0 Å². The van der Waals surface area contributed by atoms with Crippen LogP contribution < -0.4 is 5.32 Å². The van der Waals surface area contributed by atoms with Crippen molar-refractivity contribution in [2.75, 3.05) is 6.54 Å². The molecule has 4 nitrogen and oxygen atoms in total. The maximum absolute atomic E-state index is 13.0. The molecule has 0 heterocycles. The van der Waals surface area contributed by atoms with Crippen LogP contribution in [0, 0.1) is 15.9 Å². The van der Waals surface area contributed by atoms with Crippen molar-refractivity contribution >= 4 is 5.69 Å². The minimum Gasteiger partial charge on any atom is -0.314 e. The van der Waals surface area contributed by atoms with Gasteiger partial charge in [-0.25, -0.2) is 4.39 Å². The predicted molar refractivity (Wildman–Crippen MR) is 57.8 cm³/mol. The zero-order valence-electron chi connectivity index (χ0n) is 8.78. The molecule has 86 valence electrons. The maximum atomic E-state index is 13.0. The highest BCUT2D eigenvalue weighted by molar-refractivity contribution is 5.40. The molecule has 1 aliphatic carbocycles. The lowest BCUT2D eigenvalue weighted by Crippen LogP contribution is -2.19. The third-order valence-electron chi connectivity index (χ3n) is 2.64. The van der Waals surface area contributed by atoms with E-state index in [0.29, 0.717) is 24.6 Å². The van der Waals surface area contributed by atoms with Gasteiger partial charge < -0.3 is 5.32 Å². The molecule has 0 saturated heterocycles. The monoisotopic (exact) mass is 224 g/mol. The Labute approximate surface area is 92.6 Å². The summed E-state index contributed by atoms with van der Waals surface area (Å²) in [4.78, 5) is 10.2. The lowest BCUT2D eigenvalue weighted by Gasteiger charge is -2.04. The Balaban J connectivity index is 2.03. The average molecular weight is 224 g/mol. The summed E-state index contributed by atoms with van der Waals surface area (Å²) in [5, 5.41) is 14.0. The van der Waals surface area contributed by atoms with Crippen molar-refractivity contribution in [2.24, 2.45) is 0 Å². The Morgan fingerprint density at radius 3 is 2.88 bits per heavy atom. The van der Waals surface area contributed by atoms with E-state index in [1.54, 1.807) is 0 Å². The number of benzene rings is 1. The van der Waals surface area contributed by atoms with E-state index in [4.69, 9.17) is 0 Å². The molecular weight excluding hydrogens is 211 g/mol. The topological polar surface area (TPSA) is 55.2 Å². The van der Waals surface area contributed by atoms with Gasteiger partial charge in [0, 0.05) is 17.7 Å². The van der Waals surface area contributed by atoms with Gasteiger partial charge >= 0.3 is 0 Å². The molecule has 0 bridgehead atoms. The van der Waals surface area contributed by atoms with Crippen molar-refractivity contribution in [1.82, 2.24) is 5.32 Å². The number of halogens is 1. The molecule has 1 aromatic carbocycles. The molecule has 0 spiro atoms. The van der Waals surface area contributed by atoms with Gasteiger partial charge in [0.15, 0.2) is 0 Å². The van der Waals surface area contributed by atoms with Crippen LogP contribution in [-0.2, 0) is 6.42 Å². The molecule has 2 rings (SSSR count). The van der Waals surface area contributed by atoms with E-state index in [1.165, 1.54) is 25.0 Å². The summed E-state index contributed by atoms with van der Waals surface area (Å²) in [6.07, 6.45) is 2.83. The van der Waals surface area contributed by atoms with Crippen molar-refractivity contribution in [1.29, 1.82) is 0 Å². The second-order valence-corrected chi connectivity index (χ2v) is 4.01. The molecule has 1 saturated carbocycles. The van der Waals surface area contributed by atoms with E-state index in [-0.39, 0.29) is 5.69 Å². The van der Waals surface area contributed by atoms with Gasteiger partial charge in [-0.1, -0.05) is 0 Å². The van der Waals surface area contributed by atoms with Crippen LogP contribution in [0.2, 0.25) is 0 Å². The number of nitrogens with zero attached hydrogens (tertiary/aromatic N) is 1. The van der Waals surface area contributed by atoms with E-state index < -0.39 is 10.7 Å². The third-order valence-corrected chi connectivity index (χ3v) is 2.64. The Hall–Kier alpha value is -1.49. The number of hydrogen-bond acceptors (Lipinski definition) is 3. The van der Waals surface area contributed by atoms with Gasteiger partial charge in [0.1, 0.15) is 5.82 Å². The van der Waals surface area contributed by atoms with Crippen LogP contribution in [0.25, 0.3) is 0 Å². The smallest absolute Gasteiger partial charge is 0.272 e. The van der Waals surface area contributed by atoms with Crippen molar-refractivity contribution in [3.63, 3.8) is 0 Å². The second-order valence-electron chi connectivity index (χ2n) is 4.01. The Bertz CT molecular complexity index is 405.